The van der Waals surface area contributed by atoms with Gasteiger partial charge in [-0.25, -0.2) is 9.78 Å². The largest absolute Gasteiger partial charge is 0.491 e. The van der Waals surface area contributed by atoms with Crippen molar-refractivity contribution in [3.05, 3.63) is 47.0 Å². The van der Waals surface area contributed by atoms with Gasteiger partial charge in [-0.2, -0.15) is 0 Å². The predicted octanol–water partition coefficient (Wildman–Crippen LogP) is 3.13. The summed E-state index contributed by atoms with van der Waals surface area (Å²) in [6.45, 7) is 1.49. The number of aryl methyl sites for hydroxylation is 1. The van der Waals surface area contributed by atoms with E-state index in [1.807, 2.05) is 29.9 Å². The number of rotatable bonds is 3. The average Bonchev–Trinajstić information content (AvgIpc) is 3.37. The lowest BCUT2D eigenvalue weighted by Gasteiger charge is -2.25. The van der Waals surface area contributed by atoms with Gasteiger partial charge in [0.25, 0.3) is 0 Å². The average molecular weight is 361 g/mol. The molecule has 1 N–H and O–H groups in total. The van der Waals surface area contributed by atoms with E-state index in [0.29, 0.717) is 30.6 Å². The van der Waals surface area contributed by atoms with Gasteiger partial charge in [-0.3, -0.25) is 0 Å². The van der Waals surface area contributed by atoms with Crippen LogP contribution in [0, 0.1) is 5.92 Å². The number of ether oxygens (including phenoxy) is 1. The van der Waals surface area contributed by atoms with E-state index in [4.69, 9.17) is 16.3 Å². The quantitative estimate of drug-likeness (QED) is 0.914. The van der Waals surface area contributed by atoms with Crippen LogP contribution in [0.5, 0.6) is 5.75 Å². The van der Waals surface area contributed by atoms with Gasteiger partial charge in [0.15, 0.2) is 0 Å². The van der Waals surface area contributed by atoms with E-state index in [-0.39, 0.29) is 12.1 Å². The van der Waals surface area contributed by atoms with Crippen LogP contribution in [0.2, 0.25) is 5.02 Å². The summed E-state index contributed by atoms with van der Waals surface area (Å²) < 4.78 is 7.72. The summed E-state index contributed by atoms with van der Waals surface area (Å²) in [5.41, 5.74) is 0.931. The molecule has 2 aliphatic rings. The highest BCUT2D eigenvalue weighted by Gasteiger charge is 2.36. The van der Waals surface area contributed by atoms with Gasteiger partial charge in [-0.05, 0) is 37.0 Å². The fraction of sp³-hybridized carbons (Fsp3) is 0.444. The molecule has 132 valence electrons. The molecule has 4 rings (SSSR count). The van der Waals surface area contributed by atoms with Gasteiger partial charge in [0.05, 0.1) is 19.1 Å². The van der Waals surface area contributed by atoms with Crippen LogP contribution in [0.15, 0.2) is 30.6 Å². The highest BCUT2D eigenvalue weighted by atomic mass is 35.5. The summed E-state index contributed by atoms with van der Waals surface area (Å²) >= 11 is 6.09. The third-order valence-corrected chi connectivity index (χ3v) is 5.03. The number of carbonyl (C=O) groups excluding carboxylic acids is 1. The van der Waals surface area contributed by atoms with E-state index in [1.54, 1.807) is 17.2 Å². The van der Waals surface area contributed by atoms with Crippen molar-refractivity contribution < 1.29 is 9.53 Å². The van der Waals surface area contributed by atoms with Gasteiger partial charge in [-0.15, -0.1) is 0 Å². The van der Waals surface area contributed by atoms with Crippen LogP contribution in [-0.4, -0.2) is 33.6 Å². The maximum absolute atomic E-state index is 12.9. The molecule has 0 unspecified atom stereocenters. The molecule has 0 radical (unpaired) electrons. The Hall–Kier alpha value is -2.21. The summed E-state index contributed by atoms with van der Waals surface area (Å²) in [4.78, 5) is 19.1. The highest BCUT2D eigenvalue weighted by molar-refractivity contribution is 6.30. The van der Waals surface area contributed by atoms with Crippen molar-refractivity contribution in [2.45, 2.75) is 25.4 Å². The Kier molecular flexibility index (Phi) is 4.29. The SMILES string of the molecule is Cn1ccnc1[C@H](NC(=O)N1CCOc2ccc(Cl)cc2C1)C1CC1. The Morgan fingerprint density at radius 3 is 3.00 bits per heavy atom. The van der Waals surface area contributed by atoms with Crippen LogP contribution in [0.3, 0.4) is 0 Å². The molecule has 7 heteroatoms. The number of fused-ring (bicyclic) bond motifs is 1. The molecule has 2 aromatic rings. The van der Waals surface area contributed by atoms with Gasteiger partial charge in [-0.1, -0.05) is 11.6 Å². The Balaban J connectivity index is 1.51. The van der Waals surface area contributed by atoms with Crippen LogP contribution in [-0.2, 0) is 13.6 Å². The second-order valence-electron chi connectivity index (χ2n) is 6.68. The summed E-state index contributed by atoms with van der Waals surface area (Å²) in [6.07, 6.45) is 5.93. The zero-order valence-electron chi connectivity index (χ0n) is 14.1. The Morgan fingerprint density at radius 2 is 2.28 bits per heavy atom. The molecule has 1 aromatic carbocycles. The number of amides is 2. The number of benzene rings is 1. The third-order valence-electron chi connectivity index (χ3n) is 4.80. The van der Waals surface area contributed by atoms with Gasteiger partial charge in [0.1, 0.15) is 18.2 Å². The molecule has 1 aliphatic heterocycles. The van der Waals surface area contributed by atoms with E-state index in [1.165, 1.54) is 0 Å². The Bertz CT molecular complexity index is 787. The first-order valence-electron chi connectivity index (χ1n) is 8.55. The number of aromatic nitrogens is 2. The van der Waals surface area contributed by atoms with E-state index in [0.717, 1.165) is 30.0 Å². The summed E-state index contributed by atoms with van der Waals surface area (Å²) in [5, 5.41) is 3.83. The van der Waals surface area contributed by atoms with Crippen molar-refractivity contribution in [2.75, 3.05) is 13.2 Å². The maximum Gasteiger partial charge on any atom is 0.318 e. The number of nitrogens with zero attached hydrogens (tertiary/aromatic N) is 3. The van der Waals surface area contributed by atoms with Crippen molar-refractivity contribution in [3.8, 4) is 5.75 Å². The minimum absolute atomic E-state index is 0.0458. The predicted molar refractivity (Wildman–Crippen MR) is 94.6 cm³/mol. The number of nitrogens with one attached hydrogen (secondary N) is 1. The minimum atomic E-state index is -0.0867. The fourth-order valence-corrected chi connectivity index (χ4v) is 3.45. The molecule has 2 amide bonds. The number of halogens is 1. The first-order chi connectivity index (χ1) is 12.1. The van der Waals surface area contributed by atoms with Crippen molar-refractivity contribution in [1.82, 2.24) is 19.8 Å². The van der Waals surface area contributed by atoms with Gasteiger partial charge in [0, 0.05) is 30.0 Å². The zero-order valence-corrected chi connectivity index (χ0v) is 14.9. The molecular weight excluding hydrogens is 340 g/mol. The second-order valence-corrected chi connectivity index (χ2v) is 7.12. The van der Waals surface area contributed by atoms with Crippen molar-refractivity contribution in [1.29, 1.82) is 0 Å². The van der Waals surface area contributed by atoms with E-state index >= 15 is 0 Å². The van der Waals surface area contributed by atoms with Crippen LogP contribution in [0.1, 0.15) is 30.3 Å². The lowest BCUT2D eigenvalue weighted by atomic mass is 10.1. The fourth-order valence-electron chi connectivity index (χ4n) is 3.26. The van der Waals surface area contributed by atoms with Crippen molar-refractivity contribution >= 4 is 17.6 Å². The molecule has 1 fully saturated rings. The zero-order chi connectivity index (χ0) is 17.4. The summed E-state index contributed by atoms with van der Waals surface area (Å²) in [7, 11) is 1.96. The number of urea groups is 1. The molecule has 1 atom stereocenters. The molecule has 6 nitrogen and oxygen atoms in total. The summed E-state index contributed by atoms with van der Waals surface area (Å²) in [5.74, 6) is 2.17. The van der Waals surface area contributed by atoms with Crippen LogP contribution in [0.4, 0.5) is 4.79 Å². The number of imidazole rings is 1. The van der Waals surface area contributed by atoms with Gasteiger partial charge >= 0.3 is 6.03 Å². The Labute approximate surface area is 151 Å². The molecular formula is C18H21ClN4O2. The Morgan fingerprint density at radius 1 is 1.44 bits per heavy atom. The molecule has 1 aromatic heterocycles. The molecule has 0 bridgehead atoms. The topological polar surface area (TPSA) is 59.4 Å². The summed E-state index contributed by atoms with van der Waals surface area (Å²) in [6, 6.07) is 5.40. The van der Waals surface area contributed by atoms with Crippen LogP contribution >= 0.6 is 11.6 Å². The number of hydrogen-bond donors (Lipinski definition) is 1. The molecule has 1 aliphatic carbocycles. The van der Waals surface area contributed by atoms with Crippen LogP contribution < -0.4 is 10.1 Å². The van der Waals surface area contributed by atoms with Crippen LogP contribution in [0.25, 0.3) is 0 Å². The maximum atomic E-state index is 12.9. The molecule has 0 spiro atoms. The van der Waals surface area contributed by atoms with Gasteiger partial charge < -0.3 is 19.5 Å². The molecule has 0 saturated heterocycles. The molecule has 2 heterocycles. The van der Waals surface area contributed by atoms with E-state index in [9.17, 15) is 4.79 Å². The normalized spacial score (nSPS) is 18.1. The lowest BCUT2D eigenvalue weighted by molar-refractivity contribution is 0.181. The smallest absolute Gasteiger partial charge is 0.318 e. The van der Waals surface area contributed by atoms with Crippen molar-refractivity contribution in [2.24, 2.45) is 13.0 Å². The number of carbonyl (C=O) groups is 1. The van der Waals surface area contributed by atoms with E-state index < -0.39 is 0 Å². The molecule has 1 saturated carbocycles. The number of hydrogen-bond acceptors (Lipinski definition) is 3. The third kappa shape index (κ3) is 3.44. The monoisotopic (exact) mass is 360 g/mol. The first kappa shape index (κ1) is 16.3. The lowest BCUT2D eigenvalue weighted by Crippen LogP contribution is -2.43. The standard InChI is InChI=1S/C18H21ClN4O2/c1-22-7-6-20-17(22)16(12-2-3-12)21-18(24)23-8-9-25-15-5-4-14(19)10-13(15)11-23/h4-7,10,12,16H,2-3,8-9,11H2,1H3,(H,21,24)/t16-/m1/s1. The van der Waals surface area contributed by atoms with E-state index in [2.05, 4.69) is 10.3 Å². The first-order valence-corrected chi connectivity index (χ1v) is 8.93. The second kappa shape index (κ2) is 6.59. The highest BCUT2D eigenvalue weighted by Crippen LogP contribution is 2.40. The van der Waals surface area contributed by atoms with Gasteiger partial charge in [0.2, 0.25) is 0 Å². The van der Waals surface area contributed by atoms with Crippen molar-refractivity contribution in [3.63, 3.8) is 0 Å². The molecule has 25 heavy (non-hydrogen) atoms. The minimum Gasteiger partial charge on any atom is -0.491 e.